The van der Waals surface area contributed by atoms with E-state index in [1.807, 2.05) is 42.3 Å². The molecule has 0 saturated heterocycles. The minimum atomic E-state index is -0.584. The van der Waals surface area contributed by atoms with Crippen molar-refractivity contribution in [3.05, 3.63) is 65.7 Å². The lowest BCUT2D eigenvalue weighted by atomic mass is 10.0. The van der Waals surface area contributed by atoms with Crippen LogP contribution >= 0.6 is 0 Å². The first-order valence-electron chi connectivity index (χ1n) is 6.06. The average molecular weight is 262 g/mol. The maximum Gasteiger partial charge on any atom is 0.131 e. The van der Waals surface area contributed by atoms with Crippen LogP contribution in [0.15, 0.2) is 48.5 Å². The maximum atomic E-state index is 13.8. The molecule has 0 saturated carbocycles. The van der Waals surface area contributed by atoms with Crippen molar-refractivity contribution in [2.75, 3.05) is 18.5 Å². The van der Waals surface area contributed by atoms with Gasteiger partial charge in [0.25, 0.3) is 0 Å². The van der Waals surface area contributed by atoms with E-state index in [0.29, 0.717) is 5.56 Å². The third-order valence-corrected chi connectivity index (χ3v) is 3.18. The van der Waals surface area contributed by atoms with E-state index in [4.69, 9.17) is 5.73 Å². The number of benzene rings is 2. The molecule has 2 nitrogen and oxygen atoms in total. The van der Waals surface area contributed by atoms with Crippen molar-refractivity contribution in [1.82, 2.24) is 0 Å². The summed E-state index contributed by atoms with van der Waals surface area (Å²) in [6.07, 6.45) is 0. The molecule has 0 heterocycles. The average Bonchev–Trinajstić information content (AvgIpc) is 2.42. The number of rotatable bonds is 4. The fraction of sp³-hybridized carbons (Fsp3) is 0.200. The largest absolute Gasteiger partial charge is 0.366 e. The van der Waals surface area contributed by atoms with Crippen LogP contribution in [0.3, 0.4) is 0 Å². The van der Waals surface area contributed by atoms with Crippen LogP contribution in [0, 0.1) is 11.6 Å². The van der Waals surface area contributed by atoms with Gasteiger partial charge in [0.15, 0.2) is 0 Å². The van der Waals surface area contributed by atoms with Gasteiger partial charge in [-0.3, -0.25) is 0 Å². The molecular weight excluding hydrogens is 246 g/mol. The molecule has 0 bridgehead atoms. The first-order chi connectivity index (χ1) is 9.13. The van der Waals surface area contributed by atoms with Gasteiger partial charge in [-0.2, -0.15) is 0 Å². The molecule has 1 unspecified atom stereocenters. The Kier molecular flexibility index (Phi) is 4.12. The predicted molar refractivity (Wildman–Crippen MR) is 73.0 cm³/mol. The van der Waals surface area contributed by atoms with E-state index in [0.717, 1.165) is 11.8 Å². The summed E-state index contributed by atoms with van der Waals surface area (Å²) in [5, 5.41) is 0. The summed E-state index contributed by atoms with van der Waals surface area (Å²) in [5.74, 6) is -1.15. The predicted octanol–water partition coefficient (Wildman–Crippen LogP) is 3.10. The van der Waals surface area contributed by atoms with E-state index in [1.54, 1.807) is 0 Å². The summed E-state index contributed by atoms with van der Waals surface area (Å²) in [7, 11) is 1.84. The molecule has 2 N–H and O–H groups in total. The van der Waals surface area contributed by atoms with E-state index >= 15 is 0 Å². The summed E-state index contributed by atoms with van der Waals surface area (Å²) in [6, 6.07) is 12.8. The van der Waals surface area contributed by atoms with E-state index in [1.165, 1.54) is 12.1 Å². The van der Waals surface area contributed by atoms with E-state index < -0.39 is 11.6 Å². The second kappa shape index (κ2) is 5.80. The van der Waals surface area contributed by atoms with Crippen LogP contribution in [0.4, 0.5) is 14.5 Å². The highest BCUT2D eigenvalue weighted by atomic mass is 19.1. The summed E-state index contributed by atoms with van der Waals surface area (Å²) in [5.41, 5.74) is 7.08. The lowest BCUT2D eigenvalue weighted by molar-refractivity contribution is 0.549. The van der Waals surface area contributed by atoms with Crippen LogP contribution < -0.4 is 10.6 Å². The zero-order chi connectivity index (χ0) is 13.8. The van der Waals surface area contributed by atoms with E-state index in [-0.39, 0.29) is 12.6 Å². The van der Waals surface area contributed by atoms with Gasteiger partial charge in [0.05, 0.1) is 6.04 Å². The molecule has 19 heavy (non-hydrogen) atoms. The topological polar surface area (TPSA) is 29.3 Å². The van der Waals surface area contributed by atoms with Crippen molar-refractivity contribution in [1.29, 1.82) is 0 Å². The molecule has 4 heteroatoms. The number of anilines is 1. The molecule has 0 amide bonds. The van der Waals surface area contributed by atoms with Crippen LogP contribution in [0.25, 0.3) is 0 Å². The maximum absolute atomic E-state index is 13.8. The Bertz CT molecular complexity index is 543. The van der Waals surface area contributed by atoms with Gasteiger partial charge in [0.1, 0.15) is 11.6 Å². The number of nitrogens with zero attached hydrogens (tertiary/aromatic N) is 1. The van der Waals surface area contributed by atoms with Gasteiger partial charge < -0.3 is 10.6 Å². The monoisotopic (exact) mass is 262 g/mol. The highest BCUT2D eigenvalue weighted by Gasteiger charge is 2.19. The third kappa shape index (κ3) is 2.90. The fourth-order valence-electron chi connectivity index (χ4n) is 2.11. The van der Waals surface area contributed by atoms with E-state index in [2.05, 4.69) is 0 Å². The number of hydrogen-bond acceptors (Lipinski definition) is 2. The van der Waals surface area contributed by atoms with Gasteiger partial charge in [-0.25, -0.2) is 8.78 Å². The summed E-state index contributed by atoms with van der Waals surface area (Å²) in [6.45, 7) is 0.244. The molecule has 100 valence electrons. The fourth-order valence-corrected chi connectivity index (χ4v) is 2.11. The molecular formula is C15H16F2N2. The minimum absolute atomic E-state index is 0.244. The minimum Gasteiger partial charge on any atom is -0.366 e. The normalized spacial score (nSPS) is 12.2. The molecule has 2 aromatic carbocycles. The van der Waals surface area contributed by atoms with Gasteiger partial charge in [0, 0.05) is 30.9 Å². The standard InChI is InChI=1S/C15H16F2N2/c1-19(12-5-3-2-4-6-12)15(10-18)13-8-7-11(16)9-14(13)17/h2-9,15H,10,18H2,1H3. The Morgan fingerprint density at radius 2 is 1.79 bits per heavy atom. The molecule has 2 rings (SSSR count). The van der Waals surface area contributed by atoms with Gasteiger partial charge >= 0.3 is 0 Å². The van der Waals surface area contributed by atoms with Crippen LogP contribution in [-0.4, -0.2) is 13.6 Å². The van der Waals surface area contributed by atoms with Crippen LogP contribution in [-0.2, 0) is 0 Å². The van der Waals surface area contributed by atoms with Crippen LogP contribution in [0.5, 0.6) is 0 Å². The number of nitrogens with two attached hydrogens (primary N) is 1. The quantitative estimate of drug-likeness (QED) is 0.917. The van der Waals surface area contributed by atoms with Crippen molar-refractivity contribution in [2.45, 2.75) is 6.04 Å². The lowest BCUT2D eigenvalue weighted by Crippen LogP contribution is -2.31. The van der Waals surface area contributed by atoms with Gasteiger partial charge in [-0.05, 0) is 18.2 Å². The highest BCUT2D eigenvalue weighted by molar-refractivity contribution is 5.48. The smallest absolute Gasteiger partial charge is 0.131 e. The summed E-state index contributed by atoms with van der Waals surface area (Å²) in [4.78, 5) is 1.89. The number of likely N-dealkylation sites (N-methyl/N-ethyl adjacent to an activating group) is 1. The Labute approximate surface area is 111 Å². The van der Waals surface area contributed by atoms with Crippen molar-refractivity contribution < 1.29 is 8.78 Å². The lowest BCUT2D eigenvalue weighted by Gasteiger charge is -2.29. The first kappa shape index (κ1) is 13.5. The molecule has 0 aliphatic rings. The van der Waals surface area contributed by atoms with Gasteiger partial charge in [0.2, 0.25) is 0 Å². The Morgan fingerprint density at radius 3 is 2.37 bits per heavy atom. The number of halogens is 2. The molecule has 0 aliphatic carbocycles. The number of para-hydroxylation sites is 1. The Balaban J connectivity index is 2.34. The van der Waals surface area contributed by atoms with Gasteiger partial charge in [-0.15, -0.1) is 0 Å². The molecule has 0 spiro atoms. The van der Waals surface area contributed by atoms with Crippen LogP contribution in [0.2, 0.25) is 0 Å². The molecule has 0 aliphatic heterocycles. The van der Waals surface area contributed by atoms with E-state index in [9.17, 15) is 8.78 Å². The second-order valence-corrected chi connectivity index (χ2v) is 4.36. The molecule has 0 radical (unpaired) electrons. The van der Waals surface area contributed by atoms with Crippen molar-refractivity contribution >= 4 is 5.69 Å². The van der Waals surface area contributed by atoms with Crippen molar-refractivity contribution in [2.24, 2.45) is 5.73 Å². The number of hydrogen-bond donors (Lipinski definition) is 1. The zero-order valence-corrected chi connectivity index (χ0v) is 10.7. The summed E-state index contributed by atoms with van der Waals surface area (Å²) < 4.78 is 26.8. The Hall–Kier alpha value is -1.94. The third-order valence-electron chi connectivity index (χ3n) is 3.18. The Morgan fingerprint density at radius 1 is 1.11 bits per heavy atom. The molecule has 0 aromatic heterocycles. The van der Waals surface area contributed by atoms with Crippen molar-refractivity contribution in [3.8, 4) is 0 Å². The second-order valence-electron chi connectivity index (χ2n) is 4.36. The first-order valence-corrected chi connectivity index (χ1v) is 6.06. The highest BCUT2D eigenvalue weighted by Crippen LogP contribution is 2.26. The summed E-state index contributed by atoms with van der Waals surface area (Å²) >= 11 is 0. The molecule has 1 atom stereocenters. The SMILES string of the molecule is CN(c1ccccc1)C(CN)c1ccc(F)cc1F. The zero-order valence-electron chi connectivity index (χ0n) is 10.7. The van der Waals surface area contributed by atoms with Crippen LogP contribution in [0.1, 0.15) is 11.6 Å². The molecule has 0 fully saturated rings. The molecule has 2 aromatic rings. The van der Waals surface area contributed by atoms with Crippen molar-refractivity contribution in [3.63, 3.8) is 0 Å². The van der Waals surface area contributed by atoms with Gasteiger partial charge in [-0.1, -0.05) is 24.3 Å².